The SMILES string of the molecule is Cc1nc(-c2cc(-c3cc(C)c(CO)c(F)c3)ccc2-n2ccc(C(F)(F)F)n2)c(-c2ccc(OC(F)(F)F)cc2)o1.O=S=O. The second-order valence-electron chi connectivity index (χ2n) is 9.34. The van der Waals surface area contributed by atoms with Crippen LogP contribution in [0.2, 0.25) is 0 Å². The number of halogens is 7. The van der Waals surface area contributed by atoms with E-state index in [0.717, 1.165) is 29.1 Å². The van der Waals surface area contributed by atoms with E-state index in [1.807, 2.05) is 0 Å². The maximum Gasteiger partial charge on any atom is 0.573 e. The molecule has 0 bridgehead atoms. The standard InChI is InChI=1S/C29H20F7N3O3.O2S/c1-15-11-19(13-23(30)22(15)14-40)18-5-8-24(39-10-9-25(38-39)28(31,32)33)21(12-18)26-27(41-16(2)37-26)17-3-6-20(7-4-17)42-29(34,35)36;1-3-2/h3-13,40H,14H2,1-2H3;. The number of nitrogens with zero attached hydrogens (tertiary/aromatic N) is 3. The fourth-order valence-electron chi connectivity index (χ4n) is 4.47. The van der Waals surface area contributed by atoms with Gasteiger partial charge in [0.25, 0.3) is 0 Å². The van der Waals surface area contributed by atoms with E-state index in [1.165, 1.54) is 31.2 Å². The number of aromatic nitrogens is 3. The molecule has 45 heavy (non-hydrogen) atoms. The van der Waals surface area contributed by atoms with Gasteiger partial charge >= 0.3 is 24.1 Å². The zero-order chi connectivity index (χ0) is 33.1. The molecule has 2 heterocycles. The molecule has 0 saturated heterocycles. The molecule has 0 aliphatic rings. The van der Waals surface area contributed by atoms with Gasteiger partial charge < -0.3 is 14.3 Å². The Morgan fingerprint density at radius 3 is 2.11 bits per heavy atom. The summed E-state index contributed by atoms with van der Waals surface area (Å²) in [6, 6.07) is 13.1. The second-order valence-corrected chi connectivity index (χ2v) is 9.47. The van der Waals surface area contributed by atoms with Gasteiger partial charge in [0.1, 0.15) is 17.3 Å². The number of rotatable bonds is 6. The first-order chi connectivity index (χ1) is 21.1. The van der Waals surface area contributed by atoms with Crippen LogP contribution in [0.3, 0.4) is 0 Å². The van der Waals surface area contributed by atoms with Crippen molar-refractivity contribution in [3.63, 3.8) is 0 Å². The van der Waals surface area contributed by atoms with Gasteiger partial charge in [0.2, 0.25) is 0 Å². The Bertz CT molecular complexity index is 1840. The average molecular weight is 656 g/mol. The molecule has 0 radical (unpaired) electrons. The summed E-state index contributed by atoms with van der Waals surface area (Å²) < 4.78 is 120. The molecule has 16 heteroatoms. The third kappa shape index (κ3) is 7.64. The molecule has 5 aromatic rings. The van der Waals surface area contributed by atoms with Crippen LogP contribution in [0.25, 0.3) is 39.4 Å². The van der Waals surface area contributed by atoms with Crippen LogP contribution in [0.15, 0.2) is 71.3 Å². The minimum atomic E-state index is -4.89. The Labute approximate surface area is 253 Å². The van der Waals surface area contributed by atoms with Crippen molar-refractivity contribution >= 4 is 11.6 Å². The fraction of sp³-hybridized carbons (Fsp3) is 0.172. The van der Waals surface area contributed by atoms with Gasteiger partial charge in [0.05, 0.1) is 12.3 Å². The van der Waals surface area contributed by atoms with Crippen LogP contribution in [0.4, 0.5) is 30.7 Å². The Balaban J connectivity index is 0.00000148. The highest BCUT2D eigenvalue weighted by atomic mass is 32.1. The minimum absolute atomic E-state index is 0.116. The lowest BCUT2D eigenvalue weighted by Gasteiger charge is -2.14. The van der Waals surface area contributed by atoms with Gasteiger partial charge in [0.15, 0.2) is 17.3 Å². The Morgan fingerprint density at radius 1 is 0.911 bits per heavy atom. The molecular formula is C29H20F7N3O5S. The largest absolute Gasteiger partial charge is 0.573 e. The minimum Gasteiger partial charge on any atom is -0.440 e. The maximum absolute atomic E-state index is 14.7. The Morgan fingerprint density at radius 2 is 1.56 bits per heavy atom. The highest BCUT2D eigenvalue weighted by Crippen LogP contribution is 2.39. The predicted octanol–water partition coefficient (Wildman–Crippen LogP) is 7.36. The summed E-state index contributed by atoms with van der Waals surface area (Å²) in [6.45, 7) is 2.65. The van der Waals surface area contributed by atoms with Gasteiger partial charge in [0, 0.05) is 29.8 Å². The third-order valence-corrected chi connectivity index (χ3v) is 6.37. The molecule has 1 N–H and O–H groups in total. The van der Waals surface area contributed by atoms with Gasteiger partial charge in [-0.2, -0.15) is 26.7 Å². The normalized spacial score (nSPS) is 11.6. The fourth-order valence-corrected chi connectivity index (χ4v) is 4.47. The van der Waals surface area contributed by atoms with E-state index in [0.29, 0.717) is 22.3 Å². The van der Waals surface area contributed by atoms with Crippen LogP contribution in [0, 0.1) is 19.7 Å². The molecule has 0 saturated carbocycles. The predicted molar refractivity (Wildman–Crippen MR) is 146 cm³/mol. The number of aryl methyl sites for hydroxylation is 2. The smallest absolute Gasteiger partial charge is 0.440 e. The molecule has 0 aliphatic heterocycles. The molecule has 8 nitrogen and oxygen atoms in total. The second kappa shape index (κ2) is 13.0. The Kier molecular flexibility index (Phi) is 9.58. The van der Waals surface area contributed by atoms with Gasteiger partial charge in [-0.3, -0.25) is 0 Å². The van der Waals surface area contributed by atoms with E-state index < -0.39 is 48.0 Å². The lowest BCUT2D eigenvalue weighted by atomic mass is 9.95. The van der Waals surface area contributed by atoms with Crippen molar-refractivity contribution in [3.05, 3.63) is 95.4 Å². The van der Waals surface area contributed by atoms with Gasteiger partial charge in [-0.1, -0.05) is 12.1 Å². The van der Waals surface area contributed by atoms with Crippen LogP contribution in [0.1, 0.15) is 22.7 Å². The molecule has 0 amide bonds. The molecule has 0 fully saturated rings. The summed E-state index contributed by atoms with van der Waals surface area (Å²) in [5, 5.41) is 13.1. The number of oxazole rings is 1. The molecule has 0 spiro atoms. The van der Waals surface area contributed by atoms with E-state index in [4.69, 9.17) is 12.8 Å². The zero-order valence-electron chi connectivity index (χ0n) is 23.0. The van der Waals surface area contributed by atoms with Crippen LogP contribution in [-0.4, -0.2) is 34.7 Å². The van der Waals surface area contributed by atoms with Crippen LogP contribution in [0.5, 0.6) is 5.75 Å². The van der Waals surface area contributed by atoms with Crippen molar-refractivity contribution in [3.8, 4) is 45.1 Å². The van der Waals surface area contributed by atoms with Crippen molar-refractivity contribution in [2.24, 2.45) is 0 Å². The van der Waals surface area contributed by atoms with E-state index in [9.17, 15) is 35.8 Å². The highest BCUT2D eigenvalue weighted by molar-refractivity contribution is 7.51. The van der Waals surface area contributed by atoms with Crippen molar-refractivity contribution in [2.45, 2.75) is 33.0 Å². The van der Waals surface area contributed by atoms with Gasteiger partial charge in [-0.05, 0) is 72.1 Å². The summed E-state index contributed by atoms with van der Waals surface area (Å²) in [6.07, 6.45) is -8.47. The van der Waals surface area contributed by atoms with Gasteiger partial charge in [-0.15, -0.1) is 13.2 Å². The molecule has 236 valence electrons. The molecule has 0 atom stereocenters. The lowest BCUT2D eigenvalue weighted by Crippen LogP contribution is -2.16. The summed E-state index contributed by atoms with van der Waals surface area (Å²) in [5.41, 5.74) is 1.24. The number of aliphatic hydroxyl groups is 1. The van der Waals surface area contributed by atoms with E-state index in [1.54, 1.807) is 25.1 Å². The van der Waals surface area contributed by atoms with Crippen LogP contribution < -0.4 is 4.74 Å². The summed E-state index contributed by atoms with van der Waals surface area (Å²) in [5.74, 6) is -0.825. The summed E-state index contributed by atoms with van der Waals surface area (Å²) >= 11 is -0.750. The zero-order valence-corrected chi connectivity index (χ0v) is 23.9. The first kappa shape index (κ1) is 33.1. The van der Waals surface area contributed by atoms with Crippen molar-refractivity contribution < 1.29 is 53.4 Å². The monoisotopic (exact) mass is 655 g/mol. The highest BCUT2D eigenvalue weighted by Gasteiger charge is 2.34. The van der Waals surface area contributed by atoms with E-state index >= 15 is 0 Å². The van der Waals surface area contributed by atoms with Gasteiger partial charge in [-0.25, -0.2) is 14.1 Å². The van der Waals surface area contributed by atoms with Crippen LogP contribution >= 0.6 is 0 Å². The first-order valence-electron chi connectivity index (χ1n) is 12.6. The lowest BCUT2D eigenvalue weighted by molar-refractivity contribution is -0.274. The topological polar surface area (TPSA) is 107 Å². The molecule has 5 rings (SSSR count). The molecule has 2 aromatic heterocycles. The number of benzene rings is 3. The summed E-state index contributed by atoms with van der Waals surface area (Å²) in [4.78, 5) is 4.43. The Hall–Kier alpha value is -4.83. The number of ether oxygens (including phenoxy) is 1. The molecular weight excluding hydrogens is 635 g/mol. The summed E-state index contributed by atoms with van der Waals surface area (Å²) in [7, 11) is 0. The van der Waals surface area contributed by atoms with E-state index in [-0.39, 0.29) is 34.2 Å². The number of aliphatic hydroxyl groups excluding tert-OH is 1. The number of hydrogen-bond donors (Lipinski definition) is 1. The van der Waals surface area contributed by atoms with E-state index in [2.05, 4.69) is 14.8 Å². The average Bonchev–Trinajstić information content (AvgIpc) is 3.60. The van der Waals surface area contributed by atoms with Crippen LogP contribution in [-0.2, 0) is 24.4 Å². The maximum atomic E-state index is 14.7. The van der Waals surface area contributed by atoms with Crippen molar-refractivity contribution in [1.29, 1.82) is 0 Å². The van der Waals surface area contributed by atoms with Crippen molar-refractivity contribution in [1.82, 2.24) is 14.8 Å². The molecule has 0 aliphatic carbocycles. The number of hydrogen-bond acceptors (Lipinski definition) is 7. The molecule has 0 unspecified atom stereocenters. The molecule has 3 aromatic carbocycles. The first-order valence-corrected chi connectivity index (χ1v) is 13.2. The quantitative estimate of drug-likeness (QED) is 0.191. The third-order valence-electron chi connectivity index (χ3n) is 6.37. The van der Waals surface area contributed by atoms with Crippen molar-refractivity contribution in [2.75, 3.05) is 0 Å². The number of alkyl halides is 6.